The van der Waals surface area contributed by atoms with Gasteiger partial charge in [-0.15, -0.1) is 0 Å². The number of aliphatic carboxylic acids is 1. The van der Waals surface area contributed by atoms with Gasteiger partial charge in [-0.25, -0.2) is 0 Å². The van der Waals surface area contributed by atoms with Gasteiger partial charge in [-0.1, -0.05) is 42.5 Å². The number of carbonyl (C=O) groups is 1. The minimum atomic E-state index is -1.08. The third-order valence-corrected chi connectivity index (χ3v) is 5.20. The Morgan fingerprint density at radius 2 is 1.65 bits per heavy atom. The summed E-state index contributed by atoms with van der Waals surface area (Å²) >= 11 is 6.39. The van der Waals surface area contributed by atoms with Crippen LogP contribution in [0.1, 0.15) is 11.1 Å². The zero-order chi connectivity index (χ0) is 18.8. The van der Waals surface area contributed by atoms with Crippen LogP contribution in [0.3, 0.4) is 0 Å². The third-order valence-electron chi connectivity index (χ3n) is 3.84. The molecule has 5 nitrogen and oxygen atoms in total. The number of carboxylic acids is 1. The normalized spacial score (nSPS) is 11.7. The maximum absolute atomic E-state index is 11.1. The molecule has 0 aliphatic rings. The second-order valence-electron chi connectivity index (χ2n) is 5.50. The van der Waals surface area contributed by atoms with E-state index in [2.05, 4.69) is 36.9 Å². The first-order valence-electron chi connectivity index (χ1n) is 7.55. The van der Waals surface area contributed by atoms with E-state index in [1.807, 2.05) is 42.5 Å². The van der Waals surface area contributed by atoms with Crippen molar-refractivity contribution in [2.75, 3.05) is 6.54 Å². The second kappa shape index (κ2) is 7.47. The zero-order valence-electron chi connectivity index (χ0n) is 13.3. The molecular formula is C19H13Br2NO4. The number of phenols is 2. The second-order valence-corrected chi connectivity index (χ2v) is 7.15. The van der Waals surface area contributed by atoms with Crippen molar-refractivity contribution in [2.24, 2.45) is 4.99 Å². The van der Waals surface area contributed by atoms with Crippen LogP contribution in [0.25, 0.3) is 10.8 Å². The summed E-state index contributed by atoms with van der Waals surface area (Å²) < 4.78 is 0.450. The highest BCUT2D eigenvalue weighted by Gasteiger charge is 2.20. The number of aliphatic imine (C=N–C) groups is 1. The quantitative estimate of drug-likeness (QED) is 0.474. The van der Waals surface area contributed by atoms with Crippen LogP contribution in [0.15, 0.2) is 62.5 Å². The number of nitrogens with zero attached hydrogens (tertiary/aromatic N) is 1. The Hall–Kier alpha value is -2.38. The van der Waals surface area contributed by atoms with Gasteiger partial charge in [0.1, 0.15) is 22.5 Å². The van der Waals surface area contributed by atoms with Crippen LogP contribution in [0.5, 0.6) is 11.5 Å². The molecule has 0 spiro atoms. The van der Waals surface area contributed by atoms with Crippen molar-refractivity contribution >= 4 is 54.3 Å². The van der Waals surface area contributed by atoms with Crippen molar-refractivity contribution in [1.82, 2.24) is 0 Å². The Labute approximate surface area is 165 Å². The molecule has 7 heteroatoms. The van der Waals surface area contributed by atoms with Crippen LogP contribution < -0.4 is 0 Å². The molecule has 0 aromatic heterocycles. The maximum atomic E-state index is 11.1. The predicted octanol–water partition coefficient (Wildman–Crippen LogP) is 4.70. The molecule has 0 amide bonds. The molecule has 0 saturated carbocycles. The minimum Gasteiger partial charge on any atom is -0.506 e. The van der Waals surface area contributed by atoms with Crippen molar-refractivity contribution in [1.29, 1.82) is 0 Å². The number of phenolic OH excluding ortho intramolecular Hbond substituents is 2. The van der Waals surface area contributed by atoms with Crippen LogP contribution in [0, 0.1) is 0 Å². The summed E-state index contributed by atoms with van der Waals surface area (Å²) in [6.45, 7) is -0.450. The zero-order valence-corrected chi connectivity index (χ0v) is 16.5. The van der Waals surface area contributed by atoms with E-state index < -0.39 is 12.5 Å². The van der Waals surface area contributed by atoms with Crippen molar-refractivity contribution in [3.05, 3.63) is 68.6 Å². The highest BCUT2D eigenvalue weighted by Crippen LogP contribution is 2.42. The predicted molar refractivity (Wildman–Crippen MR) is 107 cm³/mol. The first-order valence-corrected chi connectivity index (χ1v) is 9.13. The van der Waals surface area contributed by atoms with Gasteiger partial charge in [0.25, 0.3) is 0 Å². The van der Waals surface area contributed by atoms with Gasteiger partial charge in [-0.2, -0.15) is 0 Å². The van der Waals surface area contributed by atoms with Crippen LogP contribution in [0.4, 0.5) is 0 Å². The monoisotopic (exact) mass is 477 g/mol. The highest BCUT2D eigenvalue weighted by atomic mass is 79.9. The Kier molecular flexibility index (Phi) is 5.29. The molecule has 3 N–H and O–H groups in total. The Balaban J connectivity index is 2.32. The summed E-state index contributed by atoms with van der Waals surface area (Å²) in [5.74, 6) is -1.45. The van der Waals surface area contributed by atoms with Gasteiger partial charge in [-0.05, 0) is 48.7 Å². The summed E-state index contributed by atoms with van der Waals surface area (Å²) in [7, 11) is 0. The summed E-state index contributed by atoms with van der Waals surface area (Å²) in [5, 5.41) is 31.4. The SMILES string of the molecule is O=C(O)CN=C(c1cc(Br)c(O)c(Br)c1O)c1cccc2ccccc12. The van der Waals surface area contributed by atoms with Crippen molar-refractivity contribution in [2.45, 2.75) is 0 Å². The van der Waals surface area contributed by atoms with Crippen molar-refractivity contribution < 1.29 is 20.1 Å². The van der Waals surface area contributed by atoms with Crippen molar-refractivity contribution in [3.63, 3.8) is 0 Å². The van der Waals surface area contributed by atoms with Gasteiger partial charge in [0.05, 0.1) is 10.2 Å². The molecule has 132 valence electrons. The molecule has 0 aliphatic heterocycles. The number of fused-ring (bicyclic) bond motifs is 1. The molecule has 0 saturated heterocycles. The first kappa shape index (κ1) is 18.4. The molecule has 0 unspecified atom stereocenters. The summed E-state index contributed by atoms with van der Waals surface area (Å²) in [4.78, 5) is 15.3. The van der Waals surface area contributed by atoms with Crippen LogP contribution in [0.2, 0.25) is 0 Å². The largest absolute Gasteiger partial charge is 0.506 e. The van der Waals surface area contributed by atoms with Gasteiger partial charge in [0.2, 0.25) is 0 Å². The molecule has 0 fully saturated rings. The number of carboxylic acid groups (broad SMARTS) is 1. The Bertz CT molecular complexity index is 1040. The molecule has 0 bridgehead atoms. The number of rotatable bonds is 4. The molecule has 26 heavy (non-hydrogen) atoms. The first-order chi connectivity index (χ1) is 12.4. The van der Waals surface area contributed by atoms with E-state index in [1.54, 1.807) is 0 Å². The molecule has 3 rings (SSSR count). The summed E-state index contributed by atoms with van der Waals surface area (Å²) in [5.41, 5.74) is 1.31. The molecule has 0 atom stereocenters. The van der Waals surface area contributed by atoms with Crippen LogP contribution >= 0.6 is 31.9 Å². The lowest BCUT2D eigenvalue weighted by Gasteiger charge is -2.14. The fourth-order valence-electron chi connectivity index (χ4n) is 2.67. The van der Waals surface area contributed by atoms with Gasteiger partial charge in [-0.3, -0.25) is 9.79 Å². The molecule has 3 aromatic rings. The van der Waals surface area contributed by atoms with E-state index >= 15 is 0 Å². The molecule has 0 radical (unpaired) electrons. The highest BCUT2D eigenvalue weighted by molar-refractivity contribution is 9.11. The number of hydrogen-bond acceptors (Lipinski definition) is 4. The fourth-order valence-corrected chi connectivity index (χ4v) is 3.79. The lowest BCUT2D eigenvalue weighted by atomic mass is 9.95. The number of halogens is 2. The number of hydrogen-bond donors (Lipinski definition) is 3. The lowest BCUT2D eigenvalue weighted by molar-refractivity contribution is -0.135. The Morgan fingerprint density at radius 3 is 2.38 bits per heavy atom. The third kappa shape index (κ3) is 3.45. The fraction of sp³-hybridized carbons (Fsp3) is 0.0526. The van der Waals surface area contributed by atoms with Crippen molar-refractivity contribution in [3.8, 4) is 11.5 Å². The smallest absolute Gasteiger partial charge is 0.325 e. The lowest BCUT2D eigenvalue weighted by Crippen LogP contribution is -2.10. The van der Waals surface area contributed by atoms with Gasteiger partial charge >= 0.3 is 5.97 Å². The average molecular weight is 479 g/mol. The Morgan fingerprint density at radius 1 is 0.962 bits per heavy atom. The molecule has 0 aliphatic carbocycles. The van der Waals surface area contributed by atoms with E-state index in [-0.39, 0.29) is 16.0 Å². The minimum absolute atomic E-state index is 0.102. The van der Waals surface area contributed by atoms with Gasteiger partial charge in [0, 0.05) is 11.1 Å². The van der Waals surface area contributed by atoms with E-state index in [0.29, 0.717) is 21.3 Å². The molecule has 3 aromatic carbocycles. The van der Waals surface area contributed by atoms with Gasteiger partial charge in [0.15, 0.2) is 0 Å². The van der Waals surface area contributed by atoms with E-state index in [4.69, 9.17) is 5.11 Å². The summed E-state index contributed by atoms with van der Waals surface area (Å²) in [6, 6.07) is 14.7. The maximum Gasteiger partial charge on any atom is 0.325 e. The van der Waals surface area contributed by atoms with Crippen LogP contribution in [-0.2, 0) is 4.79 Å². The standard InChI is InChI=1S/C19H13Br2NO4/c20-14-8-13(18(25)16(21)19(14)26)17(22-9-15(23)24)12-7-3-5-10-4-1-2-6-11(10)12/h1-8,25-26H,9H2,(H,23,24). The molecular weight excluding hydrogens is 466 g/mol. The van der Waals surface area contributed by atoms with E-state index in [9.17, 15) is 15.0 Å². The van der Waals surface area contributed by atoms with E-state index in [0.717, 1.165) is 10.8 Å². The van der Waals surface area contributed by atoms with E-state index in [1.165, 1.54) is 6.07 Å². The number of benzene rings is 3. The van der Waals surface area contributed by atoms with Gasteiger partial charge < -0.3 is 15.3 Å². The number of aromatic hydroxyl groups is 2. The average Bonchev–Trinajstić information content (AvgIpc) is 2.64. The van der Waals surface area contributed by atoms with Crippen LogP contribution in [-0.4, -0.2) is 33.5 Å². The summed E-state index contributed by atoms with van der Waals surface area (Å²) in [6.07, 6.45) is 0. The topological polar surface area (TPSA) is 90.1 Å². The molecule has 0 heterocycles.